The number of likely N-dealkylation sites (N-methyl/N-ethyl adjacent to an activating group) is 1. The number of benzene rings is 1. The minimum atomic E-state index is 0.274. The monoisotopic (exact) mass is 377 g/mol. The molecule has 0 N–H and O–H groups in total. The number of piperidine rings is 1. The fraction of sp³-hybridized carbons (Fsp3) is 0.714. The van der Waals surface area contributed by atoms with Crippen LogP contribution in [0.25, 0.3) is 0 Å². The standard InChI is InChI=1S/C21H35N3O3/c1-22-11-7-21(8-12-22)16-24(10-6-9-23(21)2)15-18-19(26-4)13-17(25-3)14-20(18)27-5/h13-14H,6-12,15-16H2,1-5H3. The summed E-state index contributed by atoms with van der Waals surface area (Å²) in [6.45, 7) is 6.54. The van der Waals surface area contributed by atoms with E-state index in [9.17, 15) is 0 Å². The van der Waals surface area contributed by atoms with Crippen LogP contribution < -0.4 is 14.2 Å². The molecule has 0 bridgehead atoms. The second-order valence-corrected chi connectivity index (χ2v) is 8.02. The molecule has 1 aromatic carbocycles. The first-order valence-electron chi connectivity index (χ1n) is 9.92. The summed E-state index contributed by atoms with van der Waals surface area (Å²) in [4.78, 5) is 7.65. The first-order chi connectivity index (χ1) is 13.0. The predicted octanol–water partition coefficient (Wildman–Crippen LogP) is 2.31. The number of ether oxygens (including phenoxy) is 3. The molecule has 2 heterocycles. The van der Waals surface area contributed by atoms with Crippen molar-refractivity contribution < 1.29 is 14.2 Å². The minimum absolute atomic E-state index is 0.274. The summed E-state index contributed by atoms with van der Waals surface area (Å²) in [5.41, 5.74) is 1.38. The van der Waals surface area contributed by atoms with E-state index in [-0.39, 0.29) is 5.54 Å². The minimum Gasteiger partial charge on any atom is -0.496 e. The van der Waals surface area contributed by atoms with E-state index >= 15 is 0 Å². The van der Waals surface area contributed by atoms with Crippen LogP contribution in [0.15, 0.2) is 12.1 Å². The zero-order valence-electron chi connectivity index (χ0n) is 17.6. The zero-order valence-corrected chi connectivity index (χ0v) is 17.6. The quantitative estimate of drug-likeness (QED) is 0.784. The molecule has 0 aliphatic carbocycles. The highest BCUT2D eigenvalue weighted by Crippen LogP contribution is 2.37. The maximum absolute atomic E-state index is 5.67. The molecule has 3 rings (SSSR count). The van der Waals surface area contributed by atoms with E-state index in [2.05, 4.69) is 28.8 Å². The smallest absolute Gasteiger partial charge is 0.130 e. The van der Waals surface area contributed by atoms with Gasteiger partial charge >= 0.3 is 0 Å². The van der Waals surface area contributed by atoms with Gasteiger partial charge in [-0.2, -0.15) is 0 Å². The SMILES string of the molecule is COc1cc(OC)c(CN2CCCN(C)C3(CCN(C)CC3)C2)c(OC)c1. The van der Waals surface area contributed by atoms with Crippen LogP contribution in [0.1, 0.15) is 24.8 Å². The molecule has 0 amide bonds. The molecule has 1 spiro atoms. The van der Waals surface area contributed by atoms with Crippen molar-refractivity contribution in [3.8, 4) is 17.2 Å². The van der Waals surface area contributed by atoms with Crippen molar-refractivity contribution in [2.75, 3.05) is 68.1 Å². The molecule has 0 saturated carbocycles. The zero-order chi connectivity index (χ0) is 19.4. The Morgan fingerprint density at radius 2 is 1.52 bits per heavy atom. The number of likely N-dealkylation sites (tertiary alicyclic amines) is 1. The molecule has 6 nitrogen and oxygen atoms in total. The van der Waals surface area contributed by atoms with Crippen molar-refractivity contribution in [2.24, 2.45) is 0 Å². The van der Waals surface area contributed by atoms with Crippen molar-refractivity contribution >= 4 is 0 Å². The topological polar surface area (TPSA) is 37.4 Å². The lowest BCUT2D eigenvalue weighted by molar-refractivity contribution is 0.0334. The van der Waals surface area contributed by atoms with Crippen LogP contribution >= 0.6 is 0 Å². The molecule has 0 unspecified atom stereocenters. The second kappa shape index (κ2) is 8.67. The highest BCUT2D eigenvalue weighted by molar-refractivity contribution is 5.50. The van der Waals surface area contributed by atoms with Gasteiger partial charge in [-0.25, -0.2) is 0 Å². The largest absolute Gasteiger partial charge is 0.496 e. The van der Waals surface area contributed by atoms with E-state index in [1.165, 1.54) is 32.4 Å². The molecule has 1 aromatic rings. The van der Waals surface area contributed by atoms with Gasteiger partial charge in [0.25, 0.3) is 0 Å². The van der Waals surface area contributed by atoms with Gasteiger partial charge in [0.1, 0.15) is 17.2 Å². The van der Waals surface area contributed by atoms with E-state index in [0.717, 1.165) is 49.0 Å². The Labute approximate surface area is 164 Å². The second-order valence-electron chi connectivity index (χ2n) is 8.02. The number of methoxy groups -OCH3 is 3. The summed E-state index contributed by atoms with van der Waals surface area (Å²) < 4.78 is 16.7. The Morgan fingerprint density at radius 1 is 0.889 bits per heavy atom. The van der Waals surface area contributed by atoms with E-state index < -0.39 is 0 Å². The summed E-state index contributed by atoms with van der Waals surface area (Å²) >= 11 is 0. The van der Waals surface area contributed by atoms with Gasteiger partial charge in [-0.3, -0.25) is 9.80 Å². The summed E-state index contributed by atoms with van der Waals surface area (Å²) in [6, 6.07) is 3.90. The fourth-order valence-electron chi connectivity index (χ4n) is 4.55. The van der Waals surface area contributed by atoms with Gasteiger partial charge in [0, 0.05) is 30.8 Å². The third kappa shape index (κ3) is 4.33. The van der Waals surface area contributed by atoms with Gasteiger partial charge in [-0.05, 0) is 59.5 Å². The first kappa shape index (κ1) is 20.2. The van der Waals surface area contributed by atoms with Crippen LogP contribution in [-0.4, -0.2) is 88.4 Å². The highest BCUT2D eigenvalue weighted by atomic mass is 16.5. The van der Waals surface area contributed by atoms with Gasteiger partial charge in [0.2, 0.25) is 0 Å². The summed E-state index contributed by atoms with van der Waals surface area (Å²) in [5, 5.41) is 0. The van der Waals surface area contributed by atoms with E-state index in [4.69, 9.17) is 14.2 Å². The normalized spacial score (nSPS) is 21.8. The maximum Gasteiger partial charge on any atom is 0.130 e. The lowest BCUT2D eigenvalue weighted by Gasteiger charge is -2.47. The molecule has 2 fully saturated rings. The molecule has 27 heavy (non-hydrogen) atoms. The van der Waals surface area contributed by atoms with Crippen LogP contribution in [0.2, 0.25) is 0 Å². The van der Waals surface area contributed by atoms with Crippen molar-refractivity contribution in [2.45, 2.75) is 31.3 Å². The van der Waals surface area contributed by atoms with Gasteiger partial charge in [0.15, 0.2) is 0 Å². The van der Waals surface area contributed by atoms with Crippen LogP contribution in [0.5, 0.6) is 17.2 Å². The predicted molar refractivity (Wildman–Crippen MR) is 108 cm³/mol. The van der Waals surface area contributed by atoms with Crippen LogP contribution in [0.3, 0.4) is 0 Å². The molecule has 0 aromatic heterocycles. The number of nitrogens with zero attached hydrogens (tertiary/aromatic N) is 3. The summed E-state index contributed by atoms with van der Waals surface area (Å²) in [7, 11) is 9.64. The molecule has 2 aliphatic heterocycles. The number of hydrogen-bond acceptors (Lipinski definition) is 6. The molecular weight excluding hydrogens is 342 g/mol. The van der Waals surface area contributed by atoms with E-state index in [1.54, 1.807) is 21.3 Å². The Bertz CT molecular complexity index is 604. The Kier molecular flexibility index (Phi) is 6.50. The molecule has 152 valence electrons. The van der Waals surface area contributed by atoms with Crippen LogP contribution in [-0.2, 0) is 6.54 Å². The molecule has 0 atom stereocenters. The van der Waals surface area contributed by atoms with Crippen LogP contribution in [0, 0.1) is 0 Å². The van der Waals surface area contributed by atoms with E-state index in [1.807, 2.05) is 12.1 Å². The maximum atomic E-state index is 5.67. The van der Waals surface area contributed by atoms with Crippen molar-refractivity contribution in [1.29, 1.82) is 0 Å². The fourth-order valence-corrected chi connectivity index (χ4v) is 4.55. The average molecular weight is 378 g/mol. The van der Waals surface area contributed by atoms with Gasteiger partial charge in [-0.15, -0.1) is 0 Å². The van der Waals surface area contributed by atoms with Gasteiger partial charge < -0.3 is 19.1 Å². The third-order valence-corrected chi connectivity index (χ3v) is 6.41. The lowest BCUT2D eigenvalue weighted by Crippen LogP contribution is -2.57. The summed E-state index contributed by atoms with van der Waals surface area (Å²) in [6.07, 6.45) is 3.65. The Morgan fingerprint density at radius 3 is 2.07 bits per heavy atom. The van der Waals surface area contributed by atoms with Gasteiger partial charge in [-0.1, -0.05) is 0 Å². The third-order valence-electron chi connectivity index (χ3n) is 6.41. The lowest BCUT2D eigenvalue weighted by atomic mass is 9.85. The van der Waals surface area contributed by atoms with Crippen LogP contribution in [0.4, 0.5) is 0 Å². The Hall–Kier alpha value is -1.50. The number of hydrogen-bond donors (Lipinski definition) is 0. The molecule has 2 aliphatic rings. The summed E-state index contributed by atoms with van der Waals surface area (Å²) in [5.74, 6) is 2.43. The van der Waals surface area contributed by atoms with Crippen molar-refractivity contribution in [3.05, 3.63) is 17.7 Å². The molecule has 6 heteroatoms. The van der Waals surface area contributed by atoms with Crippen molar-refractivity contribution in [3.63, 3.8) is 0 Å². The van der Waals surface area contributed by atoms with Crippen molar-refractivity contribution in [1.82, 2.24) is 14.7 Å². The highest BCUT2D eigenvalue weighted by Gasteiger charge is 2.40. The average Bonchev–Trinajstić information content (AvgIpc) is 2.83. The molecule has 2 saturated heterocycles. The Balaban J connectivity index is 1.84. The molecular formula is C21H35N3O3. The first-order valence-corrected chi connectivity index (χ1v) is 9.92. The van der Waals surface area contributed by atoms with E-state index in [0.29, 0.717) is 0 Å². The number of rotatable bonds is 5. The van der Waals surface area contributed by atoms with Gasteiger partial charge in [0.05, 0.1) is 26.9 Å². The molecule has 0 radical (unpaired) electrons.